The molecule has 1 aromatic carbocycles. The van der Waals surface area contributed by atoms with E-state index in [4.69, 9.17) is 30.9 Å². The van der Waals surface area contributed by atoms with E-state index in [9.17, 15) is 14.0 Å². The van der Waals surface area contributed by atoms with Gasteiger partial charge in [-0.1, -0.05) is 11.6 Å². The van der Waals surface area contributed by atoms with Gasteiger partial charge in [-0.25, -0.2) is 4.39 Å². The number of nitrogens with one attached hydrogen (secondary N) is 1. The Hall–Kier alpha value is -2.53. The summed E-state index contributed by atoms with van der Waals surface area (Å²) in [5.41, 5.74) is 0.116. The number of alkyl halides is 1. The van der Waals surface area contributed by atoms with Gasteiger partial charge in [-0.2, -0.15) is 5.10 Å². The molecule has 0 unspecified atom stereocenters. The van der Waals surface area contributed by atoms with E-state index in [0.717, 1.165) is 17.5 Å². The lowest BCUT2D eigenvalue weighted by Gasteiger charge is -2.45. The van der Waals surface area contributed by atoms with Crippen LogP contribution in [0, 0.1) is 5.41 Å². The van der Waals surface area contributed by atoms with E-state index in [-0.39, 0.29) is 11.7 Å². The van der Waals surface area contributed by atoms with Crippen molar-refractivity contribution in [2.45, 2.75) is 57.3 Å². The second-order valence-electron chi connectivity index (χ2n) is 11.0. The molecule has 3 aliphatic heterocycles. The fraction of sp³-hybridized carbons (Fsp3) is 0.593. The van der Waals surface area contributed by atoms with Crippen LogP contribution in [0.4, 0.5) is 10.1 Å². The van der Waals surface area contributed by atoms with Crippen molar-refractivity contribution in [2.75, 3.05) is 45.0 Å². The zero-order valence-electron chi connectivity index (χ0n) is 21.8. The lowest BCUT2D eigenvalue weighted by molar-refractivity contribution is -0.130. The maximum Gasteiger partial charge on any atom is 0.252 e. The summed E-state index contributed by atoms with van der Waals surface area (Å²) in [6.07, 6.45) is 5.20. The van der Waals surface area contributed by atoms with Crippen LogP contribution in [-0.2, 0) is 36.8 Å². The van der Waals surface area contributed by atoms with Crippen molar-refractivity contribution in [1.29, 1.82) is 0 Å². The molecule has 0 bridgehead atoms. The molecule has 206 valence electrons. The molecular weight excluding hydrogens is 515 g/mol. The molecule has 1 amide bonds. The average molecular weight is 549 g/mol. The molecule has 2 aromatic rings. The lowest BCUT2D eigenvalue weighted by atomic mass is 9.79. The van der Waals surface area contributed by atoms with Gasteiger partial charge in [0.2, 0.25) is 6.86 Å². The van der Waals surface area contributed by atoms with Crippen LogP contribution >= 0.6 is 11.6 Å². The molecule has 38 heavy (non-hydrogen) atoms. The molecule has 0 aliphatic carbocycles. The van der Waals surface area contributed by atoms with Crippen LogP contribution in [0.2, 0.25) is 5.02 Å². The molecule has 11 heteroatoms. The minimum atomic E-state index is -1.05. The molecule has 0 radical (unpaired) electrons. The second kappa shape index (κ2) is 10.6. The first-order chi connectivity index (χ1) is 18.2. The summed E-state index contributed by atoms with van der Waals surface area (Å²) in [4.78, 5) is 28.5. The third kappa shape index (κ3) is 4.95. The maximum atomic E-state index is 14.2. The van der Waals surface area contributed by atoms with Crippen molar-refractivity contribution in [3.8, 4) is 5.75 Å². The van der Waals surface area contributed by atoms with Gasteiger partial charge >= 0.3 is 0 Å². The summed E-state index contributed by atoms with van der Waals surface area (Å²) in [5.74, 6) is -0.115. The minimum Gasteiger partial charge on any atom is -0.461 e. The smallest absolute Gasteiger partial charge is 0.252 e. The van der Waals surface area contributed by atoms with Gasteiger partial charge in [-0.15, -0.1) is 0 Å². The van der Waals surface area contributed by atoms with Gasteiger partial charge in [-0.3, -0.25) is 9.48 Å². The summed E-state index contributed by atoms with van der Waals surface area (Å²) < 4.78 is 31.5. The normalized spacial score (nSPS) is 22.0. The summed E-state index contributed by atoms with van der Waals surface area (Å²) in [6, 6.07) is 4.70. The highest BCUT2D eigenvalue weighted by atomic mass is 35.5. The van der Waals surface area contributed by atoms with Crippen LogP contribution in [0.3, 0.4) is 0 Å². The van der Waals surface area contributed by atoms with Gasteiger partial charge in [-0.05, 0) is 51.7 Å². The SMILES string of the molecule is CC1(C)OCc2cnn(C3(C(=O)Nc4ccc(Cl)cc4OCF)CCN(CC4(C=O)CCOCC4)CC3)c21. The minimum absolute atomic E-state index is 0.155. The summed E-state index contributed by atoms with van der Waals surface area (Å²) in [5, 5.41) is 8.05. The van der Waals surface area contributed by atoms with Crippen LogP contribution in [0.1, 0.15) is 50.8 Å². The van der Waals surface area contributed by atoms with Crippen molar-refractivity contribution in [1.82, 2.24) is 14.7 Å². The Morgan fingerprint density at radius 1 is 1.24 bits per heavy atom. The van der Waals surface area contributed by atoms with Gasteiger partial charge in [0.25, 0.3) is 5.91 Å². The molecular formula is C27H34ClFN4O5. The number of anilines is 1. The van der Waals surface area contributed by atoms with Crippen molar-refractivity contribution in [3.63, 3.8) is 0 Å². The van der Waals surface area contributed by atoms with E-state index in [0.29, 0.717) is 75.8 Å². The Kier molecular flexibility index (Phi) is 7.52. The van der Waals surface area contributed by atoms with Crippen molar-refractivity contribution >= 4 is 29.5 Å². The summed E-state index contributed by atoms with van der Waals surface area (Å²) in [6.45, 7) is 6.34. The van der Waals surface area contributed by atoms with E-state index >= 15 is 0 Å². The van der Waals surface area contributed by atoms with Gasteiger partial charge in [0.15, 0.2) is 0 Å². The van der Waals surface area contributed by atoms with Crippen LogP contribution in [-0.4, -0.2) is 66.6 Å². The summed E-state index contributed by atoms with van der Waals surface area (Å²) in [7, 11) is 0. The highest BCUT2D eigenvalue weighted by Gasteiger charge is 2.50. The van der Waals surface area contributed by atoms with Gasteiger partial charge in [0.05, 0.1) is 24.2 Å². The molecule has 5 rings (SSSR count). The van der Waals surface area contributed by atoms with E-state index in [1.807, 2.05) is 18.5 Å². The zero-order valence-corrected chi connectivity index (χ0v) is 22.6. The maximum absolute atomic E-state index is 14.2. The highest BCUT2D eigenvalue weighted by Crippen LogP contribution is 2.43. The number of halogens is 2. The Bertz CT molecular complexity index is 1190. The standard InChI is InChI=1S/C27H34ClFN4O5/c1-25(2)23-19(15-38-25)14-30-33(23)27(24(35)31-21-4-3-20(28)13-22(21)37-18-29)5-9-32(10-6-27)16-26(17-34)7-11-36-12-8-26/h3-4,13-14,17H,5-12,15-16,18H2,1-2H3,(H,31,35). The van der Waals surface area contributed by atoms with Gasteiger partial charge in [0.1, 0.15) is 23.2 Å². The number of benzene rings is 1. The average Bonchev–Trinajstić information content (AvgIpc) is 3.48. The number of aldehydes is 1. The Balaban J connectivity index is 1.45. The molecule has 2 saturated heterocycles. The fourth-order valence-corrected chi connectivity index (χ4v) is 6.11. The number of carbonyl (C=O) groups excluding carboxylic acids is 2. The first kappa shape index (κ1) is 27.1. The number of amides is 1. The molecule has 0 spiro atoms. The van der Waals surface area contributed by atoms with Crippen molar-refractivity contribution < 1.29 is 28.2 Å². The number of likely N-dealkylation sites (tertiary alicyclic amines) is 1. The van der Waals surface area contributed by atoms with E-state index < -0.39 is 23.4 Å². The Morgan fingerprint density at radius 3 is 2.66 bits per heavy atom. The first-order valence-corrected chi connectivity index (χ1v) is 13.4. The van der Waals surface area contributed by atoms with Crippen LogP contribution in [0.5, 0.6) is 5.75 Å². The van der Waals surface area contributed by atoms with Crippen LogP contribution in [0.25, 0.3) is 0 Å². The number of carbonyl (C=O) groups is 2. The fourth-order valence-electron chi connectivity index (χ4n) is 5.95. The zero-order chi connectivity index (χ0) is 27.0. The van der Waals surface area contributed by atoms with Crippen molar-refractivity contribution in [3.05, 3.63) is 40.7 Å². The van der Waals surface area contributed by atoms with Gasteiger partial charge < -0.3 is 29.2 Å². The number of ether oxygens (including phenoxy) is 3. The van der Waals surface area contributed by atoms with E-state index in [1.165, 1.54) is 6.07 Å². The number of nitrogens with zero attached hydrogens (tertiary/aromatic N) is 3. The topological polar surface area (TPSA) is 94.9 Å². The number of fused-ring (bicyclic) bond motifs is 1. The predicted octanol–water partition coefficient (Wildman–Crippen LogP) is 4.03. The van der Waals surface area contributed by atoms with Crippen molar-refractivity contribution in [2.24, 2.45) is 5.41 Å². The van der Waals surface area contributed by atoms with E-state index in [2.05, 4.69) is 10.2 Å². The number of piperidine rings is 1. The number of rotatable bonds is 8. The molecule has 0 atom stereocenters. The first-order valence-electron chi connectivity index (χ1n) is 13.0. The molecule has 3 aliphatic rings. The van der Waals surface area contributed by atoms with Crippen LogP contribution in [0.15, 0.2) is 24.4 Å². The molecule has 1 aromatic heterocycles. The molecule has 9 nitrogen and oxygen atoms in total. The third-order valence-electron chi connectivity index (χ3n) is 8.19. The highest BCUT2D eigenvalue weighted by molar-refractivity contribution is 6.30. The quantitative estimate of drug-likeness (QED) is 0.498. The predicted molar refractivity (Wildman–Crippen MR) is 139 cm³/mol. The van der Waals surface area contributed by atoms with Gasteiger partial charge in [0, 0.05) is 54.9 Å². The number of aromatic nitrogens is 2. The molecule has 1 N–H and O–H groups in total. The second-order valence-corrected chi connectivity index (χ2v) is 11.4. The van der Waals surface area contributed by atoms with E-state index in [1.54, 1.807) is 18.3 Å². The summed E-state index contributed by atoms with van der Waals surface area (Å²) >= 11 is 6.08. The Labute approximate surface area is 226 Å². The molecule has 2 fully saturated rings. The number of hydrogen-bond donors (Lipinski definition) is 1. The lowest BCUT2D eigenvalue weighted by Crippen LogP contribution is -2.56. The Morgan fingerprint density at radius 2 is 1.97 bits per heavy atom. The monoisotopic (exact) mass is 548 g/mol. The third-order valence-corrected chi connectivity index (χ3v) is 8.43. The van der Waals surface area contributed by atoms with Crippen LogP contribution < -0.4 is 10.1 Å². The molecule has 0 saturated carbocycles. The number of hydrogen-bond acceptors (Lipinski definition) is 7. The largest absolute Gasteiger partial charge is 0.461 e. The molecule has 4 heterocycles.